The number of nitrogens with zero attached hydrogens (tertiary/aromatic N) is 2. The number of benzene rings is 1. The summed E-state index contributed by atoms with van der Waals surface area (Å²) in [6, 6.07) is 14.9. The van der Waals surface area contributed by atoms with Gasteiger partial charge in [-0.15, -0.1) is 0 Å². The van der Waals surface area contributed by atoms with Crippen molar-refractivity contribution in [3.05, 3.63) is 94.5 Å². The van der Waals surface area contributed by atoms with Crippen LogP contribution in [0.2, 0.25) is 0 Å². The van der Waals surface area contributed by atoms with Crippen molar-refractivity contribution in [3.63, 3.8) is 0 Å². The van der Waals surface area contributed by atoms with Gasteiger partial charge in [0.25, 0.3) is 0 Å². The molecule has 0 spiro atoms. The molecule has 0 saturated heterocycles. The average molecular weight is 411 g/mol. The molecule has 6 heteroatoms. The Morgan fingerprint density at radius 3 is 2.27 bits per heavy atom. The standard InChI is InChI=1S/C20H19BrN4O/c21-18-7-1-6-17(10-18)19(24-13-15-4-2-8-22-11-15)20(26)25-14-16-5-3-9-23-12-16/h1-12,19,24H,13-14H2,(H,25,26). The Labute approximate surface area is 161 Å². The Hall–Kier alpha value is -2.57. The van der Waals surface area contributed by atoms with Crippen molar-refractivity contribution in [1.82, 2.24) is 20.6 Å². The number of amides is 1. The molecule has 1 unspecified atom stereocenters. The van der Waals surface area contributed by atoms with Gasteiger partial charge >= 0.3 is 0 Å². The third-order valence-electron chi connectivity index (χ3n) is 3.87. The smallest absolute Gasteiger partial charge is 0.242 e. The second-order valence-electron chi connectivity index (χ2n) is 5.81. The van der Waals surface area contributed by atoms with Crippen molar-refractivity contribution >= 4 is 21.8 Å². The fraction of sp³-hybridized carbons (Fsp3) is 0.150. The van der Waals surface area contributed by atoms with Crippen molar-refractivity contribution in [2.75, 3.05) is 0 Å². The number of hydrogen-bond acceptors (Lipinski definition) is 4. The molecule has 2 heterocycles. The summed E-state index contributed by atoms with van der Waals surface area (Å²) in [5.41, 5.74) is 2.88. The molecule has 1 aromatic carbocycles. The van der Waals surface area contributed by atoms with Gasteiger partial charge in [-0.25, -0.2) is 0 Å². The van der Waals surface area contributed by atoms with E-state index in [1.54, 1.807) is 24.8 Å². The Bertz CT molecular complexity index is 843. The van der Waals surface area contributed by atoms with E-state index >= 15 is 0 Å². The third kappa shape index (κ3) is 5.21. The molecule has 0 radical (unpaired) electrons. The van der Waals surface area contributed by atoms with Crippen molar-refractivity contribution < 1.29 is 4.79 Å². The minimum absolute atomic E-state index is 0.0872. The third-order valence-corrected chi connectivity index (χ3v) is 4.36. The SMILES string of the molecule is O=C(NCc1cccnc1)C(NCc1cccnc1)c1cccc(Br)c1. The topological polar surface area (TPSA) is 66.9 Å². The van der Waals surface area contributed by atoms with E-state index in [0.717, 1.165) is 21.2 Å². The van der Waals surface area contributed by atoms with E-state index in [1.165, 1.54) is 0 Å². The van der Waals surface area contributed by atoms with Crippen LogP contribution in [0.3, 0.4) is 0 Å². The highest BCUT2D eigenvalue weighted by atomic mass is 79.9. The van der Waals surface area contributed by atoms with Gasteiger partial charge in [-0.1, -0.05) is 40.2 Å². The predicted octanol–water partition coefficient (Wildman–Crippen LogP) is 3.39. The summed E-state index contributed by atoms with van der Waals surface area (Å²) in [7, 11) is 0. The largest absolute Gasteiger partial charge is 0.350 e. The highest BCUT2D eigenvalue weighted by Gasteiger charge is 2.20. The van der Waals surface area contributed by atoms with Gasteiger partial charge in [-0.05, 0) is 41.0 Å². The molecule has 132 valence electrons. The molecule has 1 atom stereocenters. The molecule has 3 rings (SSSR count). The summed E-state index contributed by atoms with van der Waals surface area (Å²) in [4.78, 5) is 21.0. The predicted molar refractivity (Wildman–Crippen MR) is 104 cm³/mol. The number of carbonyl (C=O) groups is 1. The van der Waals surface area contributed by atoms with Crippen LogP contribution in [0.4, 0.5) is 0 Å². The number of rotatable bonds is 7. The number of hydrogen-bond donors (Lipinski definition) is 2. The molecule has 0 aliphatic rings. The van der Waals surface area contributed by atoms with E-state index in [2.05, 4.69) is 36.5 Å². The maximum atomic E-state index is 12.8. The molecule has 5 nitrogen and oxygen atoms in total. The average Bonchev–Trinajstić information content (AvgIpc) is 2.68. The van der Waals surface area contributed by atoms with Crippen LogP contribution in [-0.4, -0.2) is 15.9 Å². The summed E-state index contributed by atoms with van der Waals surface area (Å²) in [6.07, 6.45) is 6.98. The zero-order valence-corrected chi connectivity index (χ0v) is 15.7. The molecule has 0 bridgehead atoms. The molecule has 1 amide bonds. The molecule has 26 heavy (non-hydrogen) atoms. The molecular weight excluding hydrogens is 392 g/mol. The van der Waals surface area contributed by atoms with E-state index in [4.69, 9.17) is 0 Å². The van der Waals surface area contributed by atoms with Crippen LogP contribution in [0.25, 0.3) is 0 Å². The second-order valence-corrected chi connectivity index (χ2v) is 6.72. The van der Waals surface area contributed by atoms with Crippen molar-refractivity contribution in [1.29, 1.82) is 0 Å². The lowest BCUT2D eigenvalue weighted by molar-refractivity contribution is -0.123. The van der Waals surface area contributed by atoms with Gasteiger partial charge in [0.15, 0.2) is 0 Å². The van der Waals surface area contributed by atoms with E-state index in [-0.39, 0.29) is 5.91 Å². The molecule has 0 saturated carbocycles. The summed E-state index contributed by atoms with van der Waals surface area (Å²) in [6.45, 7) is 0.983. The quantitative estimate of drug-likeness (QED) is 0.626. The van der Waals surface area contributed by atoms with Gasteiger partial charge in [0, 0.05) is 42.3 Å². The lowest BCUT2D eigenvalue weighted by Crippen LogP contribution is -2.37. The number of pyridine rings is 2. The van der Waals surface area contributed by atoms with Crippen LogP contribution in [-0.2, 0) is 17.9 Å². The zero-order valence-electron chi connectivity index (χ0n) is 14.1. The molecule has 3 aromatic rings. The highest BCUT2D eigenvalue weighted by Crippen LogP contribution is 2.19. The van der Waals surface area contributed by atoms with Crippen molar-refractivity contribution in [3.8, 4) is 0 Å². The minimum Gasteiger partial charge on any atom is -0.350 e. The summed E-state index contributed by atoms with van der Waals surface area (Å²) >= 11 is 3.47. The summed E-state index contributed by atoms with van der Waals surface area (Å²) in [5.74, 6) is -0.0872. The van der Waals surface area contributed by atoms with E-state index in [1.807, 2.05) is 48.5 Å². The first-order valence-corrected chi connectivity index (χ1v) is 9.06. The first kappa shape index (κ1) is 18.2. The van der Waals surface area contributed by atoms with E-state index in [9.17, 15) is 4.79 Å². The van der Waals surface area contributed by atoms with Gasteiger partial charge in [-0.3, -0.25) is 20.1 Å². The van der Waals surface area contributed by atoms with E-state index < -0.39 is 6.04 Å². The number of nitrogens with one attached hydrogen (secondary N) is 2. The normalized spacial score (nSPS) is 11.7. The Morgan fingerprint density at radius 1 is 0.962 bits per heavy atom. The molecule has 0 aliphatic heterocycles. The molecule has 0 fully saturated rings. The minimum atomic E-state index is -0.468. The van der Waals surface area contributed by atoms with Crippen LogP contribution < -0.4 is 10.6 Å². The fourth-order valence-corrected chi connectivity index (χ4v) is 2.98. The lowest BCUT2D eigenvalue weighted by atomic mass is 10.1. The molecule has 2 N–H and O–H groups in total. The van der Waals surface area contributed by atoms with Crippen LogP contribution in [0.1, 0.15) is 22.7 Å². The second kappa shape index (κ2) is 9.22. The van der Waals surface area contributed by atoms with Crippen LogP contribution in [0, 0.1) is 0 Å². The van der Waals surface area contributed by atoms with Crippen LogP contribution >= 0.6 is 15.9 Å². The fourth-order valence-electron chi connectivity index (χ4n) is 2.56. The summed E-state index contributed by atoms with van der Waals surface area (Å²) in [5, 5.41) is 6.31. The Balaban J connectivity index is 1.72. The molecule has 0 aliphatic carbocycles. The number of halogens is 1. The first-order valence-electron chi connectivity index (χ1n) is 8.27. The van der Waals surface area contributed by atoms with Gasteiger partial charge < -0.3 is 5.32 Å². The number of aromatic nitrogens is 2. The summed E-state index contributed by atoms with van der Waals surface area (Å²) < 4.78 is 0.934. The zero-order chi connectivity index (χ0) is 18.2. The lowest BCUT2D eigenvalue weighted by Gasteiger charge is -2.19. The van der Waals surface area contributed by atoms with Crippen molar-refractivity contribution in [2.45, 2.75) is 19.1 Å². The number of carbonyl (C=O) groups excluding carboxylic acids is 1. The van der Waals surface area contributed by atoms with Gasteiger partial charge in [0.2, 0.25) is 5.91 Å². The van der Waals surface area contributed by atoms with Crippen molar-refractivity contribution in [2.24, 2.45) is 0 Å². The maximum Gasteiger partial charge on any atom is 0.242 e. The van der Waals surface area contributed by atoms with Gasteiger partial charge in [0.1, 0.15) is 6.04 Å². The van der Waals surface area contributed by atoms with E-state index in [0.29, 0.717) is 13.1 Å². The van der Waals surface area contributed by atoms with Gasteiger partial charge in [-0.2, -0.15) is 0 Å². The molecule has 2 aromatic heterocycles. The highest BCUT2D eigenvalue weighted by molar-refractivity contribution is 9.10. The molecular formula is C20H19BrN4O. The van der Waals surface area contributed by atoms with Gasteiger partial charge in [0.05, 0.1) is 0 Å². The van der Waals surface area contributed by atoms with Crippen LogP contribution in [0.5, 0.6) is 0 Å². The Morgan fingerprint density at radius 2 is 1.65 bits per heavy atom. The monoisotopic (exact) mass is 410 g/mol. The maximum absolute atomic E-state index is 12.8. The first-order chi connectivity index (χ1) is 12.7. The van der Waals surface area contributed by atoms with Crippen LogP contribution in [0.15, 0.2) is 77.8 Å². The Kier molecular flexibility index (Phi) is 6.46.